The third kappa shape index (κ3) is 3.94. The van der Waals surface area contributed by atoms with Gasteiger partial charge in [-0.3, -0.25) is 10.7 Å². The highest BCUT2D eigenvalue weighted by Gasteiger charge is 2.30. The molecule has 3 nitrogen and oxygen atoms in total. The SMILES string of the molecule is CN(Cc1cccc(C(F)(F)F)c1)C1CCN(N)CC1. The van der Waals surface area contributed by atoms with E-state index >= 15 is 0 Å². The molecule has 0 saturated carbocycles. The molecule has 112 valence electrons. The van der Waals surface area contributed by atoms with Crippen molar-refractivity contribution in [2.75, 3.05) is 20.1 Å². The fourth-order valence-corrected chi connectivity index (χ4v) is 2.59. The van der Waals surface area contributed by atoms with Gasteiger partial charge in [0.15, 0.2) is 0 Å². The number of alkyl halides is 3. The van der Waals surface area contributed by atoms with Gasteiger partial charge in [0.25, 0.3) is 0 Å². The molecule has 1 aliphatic heterocycles. The van der Waals surface area contributed by atoms with E-state index in [4.69, 9.17) is 5.84 Å². The van der Waals surface area contributed by atoms with Crippen molar-refractivity contribution in [3.8, 4) is 0 Å². The van der Waals surface area contributed by atoms with Crippen molar-refractivity contribution in [2.24, 2.45) is 5.84 Å². The fraction of sp³-hybridized carbons (Fsp3) is 0.571. The van der Waals surface area contributed by atoms with Crippen molar-refractivity contribution in [1.29, 1.82) is 0 Å². The Hall–Kier alpha value is -1.11. The van der Waals surface area contributed by atoms with E-state index in [1.54, 1.807) is 11.1 Å². The predicted molar refractivity (Wildman–Crippen MR) is 71.7 cm³/mol. The number of piperidine rings is 1. The normalized spacial score (nSPS) is 18.7. The molecule has 20 heavy (non-hydrogen) atoms. The van der Waals surface area contributed by atoms with Gasteiger partial charge in [-0.2, -0.15) is 13.2 Å². The molecular formula is C14H20F3N3. The summed E-state index contributed by atoms with van der Waals surface area (Å²) in [6.45, 7) is 2.19. The van der Waals surface area contributed by atoms with Gasteiger partial charge in [0.2, 0.25) is 0 Å². The minimum atomic E-state index is -4.28. The van der Waals surface area contributed by atoms with Gasteiger partial charge >= 0.3 is 6.18 Å². The molecule has 0 unspecified atom stereocenters. The maximum absolute atomic E-state index is 12.7. The Bertz CT molecular complexity index is 440. The first-order valence-corrected chi connectivity index (χ1v) is 6.72. The zero-order valence-electron chi connectivity index (χ0n) is 11.5. The summed E-state index contributed by atoms with van der Waals surface area (Å²) in [6.07, 6.45) is -2.38. The van der Waals surface area contributed by atoms with Crippen molar-refractivity contribution in [2.45, 2.75) is 31.6 Å². The molecule has 0 amide bonds. The van der Waals surface area contributed by atoms with Crippen LogP contribution in [0.15, 0.2) is 24.3 Å². The molecular weight excluding hydrogens is 267 g/mol. The van der Waals surface area contributed by atoms with Gasteiger partial charge in [-0.1, -0.05) is 18.2 Å². The second-order valence-electron chi connectivity index (χ2n) is 5.38. The molecule has 6 heteroatoms. The van der Waals surface area contributed by atoms with Crippen LogP contribution in [0.25, 0.3) is 0 Å². The van der Waals surface area contributed by atoms with E-state index in [0.717, 1.165) is 32.0 Å². The summed E-state index contributed by atoms with van der Waals surface area (Å²) in [5.74, 6) is 5.71. The summed E-state index contributed by atoms with van der Waals surface area (Å²) >= 11 is 0. The number of nitrogens with two attached hydrogens (primary N) is 1. The third-order valence-corrected chi connectivity index (χ3v) is 3.81. The molecule has 0 radical (unpaired) electrons. The highest BCUT2D eigenvalue weighted by molar-refractivity contribution is 5.25. The highest BCUT2D eigenvalue weighted by Crippen LogP contribution is 2.30. The lowest BCUT2D eigenvalue weighted by molar-refractivity contribution is -0.137. The molecule has 0 atom stereocenters. The molecule has 1 aliphatic rings. The lowest BCUT2D eigenvalue weighted by Gasteiger charge is -2.34. The molecule has 1 heterocycles. The zero-order chi connectivity index (χ0) is 14.8. The van der Waals surface area contributed by atoms with E-state index in [1.165, 1.54) is 12.1 Å². The van der Waals surface area contributed by atoms with Crippen molar-refractivity contribution in [3.05, 3.63) is 35.4 Å². The Kier molecular flexibility index (Phi) is 4.67. The predicted octanol–water partition coefficient (Wildman–Crippen LogP) is 2.48. The van der Waals surface area contributed by atoms with Gasteiger partial charge in [-0.15, -0.1) is 0 Å². The Morgan fingerprint density at radius 2 is 1.95 bits per heavy atom. The van der Waals surface area contributed by atoms with E-state index in [1.807, 2.05) is 7.05 Å². The number of nitrogens with zero attached hydrogens (tertiary/aromatic N) is 2. The Morgan fingerprint density at radius 1 is 1.30 bits per heavy atom. The van der Waals surface area contributed by atoms with Crippen LogP contribution in [0.1, 0.15) is 24.0 Å². The summed E-state index contributed by atoms with van der Waals surface area (Å²) in [5, 5.41) is 1.79. The van der Waals surface area contributed by atoms with Crippen molar-refractivity contribution in [3.63, 3.8) is 0 Å². The van der Waals surface area contributed by atoms with Crippen LogP contribution < -0.4 is 5.84 Å². The molecule has 1 saturated heterocycles. The molecule has 2 N–H and O–H groups in total. The number of hydrogen-bond acceptors (Lipinski definition) is 3. The van der Waals surface area contributed by atoms with Gasteiger partial charge in [0, 0.05) is 25.7 Å². The lowest BCUT2D eigenvalue weighted by atomic mass is 10.0. The summed E-state index contributed by atoms with van der Waals surface area (Å²) in [4.78, 5) is 2.11. The fourth-order valence-electron chi connectivity index (χ4n) is 2.59. The average Bonchev–Trinajstić information content (AvgIpc) is 2.38. The number of hydrazine groups is 1. The molecule has 0 spiro atoms. The van der Waals surface area contributed by atoms with E-state index in [-0.39, 0.29) is 0 Å². The lowest BCUT2D eigenvalue weighted by Crippen LogP contribution is -2.45. The first kappa shape index (κ1) is 15.3. The van der Waals surface area contributed by atoms with Crippen LogP contribution in [0.4, 0.5) is 13.2 Å². The van der Waals surface area contributed by atoms with Crippen LogP contribution in [0.5, 0.6) is 0 Å². The maximum atomic E-state index is 12.7. The van der Waals surface area contributed by atoms with Crippen LogP contribution in [0, 0.1) is 0 Å². The molecule has 0 bridgehead atoms. The smallest absolute Gasteiger partial charge is 0.299 e. The highest BCUT2D eigenvalue weighted by atomic mass is 19.4. The minimum absolute atomic E-state index is 0.379. The van der Waals surface area contributed by atoms with Crippen molar-refractivity contribution < 1.29 is 13.2 Å². The van der Waals surface area contributed by atoms with Crippen LogP contribution >= 0.6 is 0 Å². The number of halogens is 3. The van der Waals surface area contributed by atoms with Crippen LogP contribution in [-0.2, 0) is 12.7 Å². The number of benzene rings is 1. The molecule has 1 aromatic rings. The summed E-state index contributed by atoms with van der Waals surface area (Å²) in [5.41, 5.74) is 0.109. The Balaban J connectivity index is 1.99. The molecule has 1 fully saturated rings. The summed E-state index contributed by atoms with van der Waals surface area (Å²) < 4.78 is 38.0. The average molecular weight is 287 g/mol. The van der Waals surface area contributed by atoms with E-state index in [2.05, 4.69) is 4.90 Å². The molecule has 0 aliphatic carbocycles. The largest absolute Gasteiger partial charge is 0.416 e. The van der Waals surface area contributed by atoms with Crippen LogP contribution in [-0.4, -0.2) is 36.1 Å². The monoisotopic (exact) mass is 287 g/mol. The standard InChI is InChI=1S/C14H20F3N3/c1-19(13-5-7-20(18)8-6-13)10-11-3-2-4-12(9-11)14(15,16)17/h2-4,9,13H,5-8,10,18H2,1H3. The van der Waals surface area contributed by atoms with E-state index in [9.17, 15) is 13.2 Å². The first-order valence-electron chi connectivity index (χ1n) is 6.72. The van der Waals surface area contributed by atoms with E-state index < -0.39 is 11.7 Å². The summed E-state index contributed by atoms with van der Waals surface area (Å²) in [7, 11) is 1.96. The third-order valence-electron chi connectivity index (χ3n) is 3.81. The van der Waals surface area contributed by atoms with Crippen molar-refractivity contribution in [1.82, 2.24) is 9.91 Å². The van der Waals surface area contributed by atoms with Gasteiger partial charge in [0.05, 0.1) is 5.56 Å². The second kappa shape index (κ2) is 6.11. The first-order chi connectivity index (χ1) is 9.36. The van der Waals surface area contributed by atoms with Gasteiger partial charge in [0.1, 0.15) is 0 Å². The van der Waals surface area contributed by atoms with Crippen LogP contribution in [0.2, 0.25) is 0 Å². The summed E-state index contributed by atoms with van der Waals surface area (Å²) in [6, 6.07) is 5.92. The van der Waals surface area contributed by atoms with Crippen LogP contribution in [0.3, 0.4) is 0 Å². The van der Waals surface area contributed by atoms with E-state index in [0.29, 0.717) is 18.2 Å². The Morgan fingerprint density at radius 3 is 2.55 bits per heavy atom. The van der Waals surface area contributed by atoms with Gasteiger partial charge < -0.3 is 0 Å². The second-order valence-corrected chi connectivity index (χ2v) is 5.38. The number of rotatable bonds is 3. The topological polar surface area (TPSA) is 32.5 Å². The molecule has 0 aromatic heterocycles. The minimum Gasteiger partial charge on any atom is -0.299 e. The molecule has 1 aromatic carbocycles. The maximum Gasteiger partial charge on any atom is 0.416 e. The number of hydrogen-bond donors (Lipinski definition) is 1. The molecule has 2 rings (SSSR count). The van der Waals surface area contributed by atoms with Gasteiger partial charge in [-0.25, -0.2) is 5.01 Å². The van der Waals surface area contributed by atoms with Gasteiger partial charge in [-0.05, 0) is 31.5 Å². The zero-order valence-corrected chi connectivity index (χ0v) is 11.5. The quantitative estimate of drug-likeness (QED) is 0.867. The van der Waals surface area contributed by atoms with Crippen molar-refractivity contribution >= 4 is 0 Å². The Labute approximate surface area is 117 Å².